The molecule has 2 aromatic rings. The summed E-state index contributed by atoms with van der Waals surface area (Å²) in [6.45, 7) is 0.909. The maximum absolute atomic E-state index is 5.76. The first kappa shape index (κ1) is 19.5. The highest BCUT2D eigenvalue weighted by molar-refractivity contribution is 7.89. The van der Waals surface area contributed by atoms with Crippen molar-refractivity contribution in [2.75, 3.05) is 6.54 Å². The van der Waals surface area contributed by atoms with Crippen LogP contribution in [0.3, 0.4) is 0 Å². The summed E-state index contributed by atoms with van der Waals surface area (Å²) < 4.78 is 0. The van der Waals surface area contributed by atoms with Crippen LogP contribution in [0.5, 0.6) is 0 Å². The molecular formula is C22H25NS3. The van der Waals surface area contributed by atoms with Crippen LogP contribution in [0.15, 0.2) is 70.6 Å². The van der Waals surface area contributed by atoms with E-state index in [0.29, 0.717) is 0 Å². The number of hydrogen-bond donors (Lipinski definition) is 2. The third-order valence-electron chi connectivity index (χ3n) is 4.87. The van der Waals surface area contributed by atoms with Crippen LogP contribution in [-0.4, -0.2) is 16.4 Å². The molecule has 1 aliphatic rings. The van der Waals surface area contributed by atoms with Crippen molar-refractivity contribution in [2.24, 2.45) is 5.92 Å². The lowest BCUT2D eigenvalue weighted by molar-refractivity contribution is 0.526. The normalized spacial score (nSPS) is 17.2. The van der Waals surface area contributed by atoms with Crippen LogP contribution in [0.1, 0.15) is 30.4 Å². The number of hydrogen-bond acceptors (Lipinski definition) is 3. The Hall–Kier alpha value is -1.23. The Morgan fingerprint density at radius 3 is 1.92 bits per heavy atom. The molecule has 1 unspecified atom stereocenters. The van der Waals surface area contributed by atoms with E-state index in [-0.39, 0.29) is 5.92 Å². The minimum atomic E-state index is 0.237. The molecular weight excluding hydrogens is 374 g/mol. The molecule has 0 amide bonds. The van der Waals surface area contributed by atoms with Crippen molar-refractivity contribution in [1.29, 1.82) is 0 Å². The molecule has 0 fully saturated rings. The summed E-state index contributed by atoms with van der Waals surface area (Å²) in [5.41, 5.74) is 2.75. The highest BCUT2D eigenvalue weighted by atomic mass is 32.1. The van der Waals surface area contributed by atoms with Gasteiger partial charge in [-0.2, -0.15) is 0 Å². The van der Waals surface area contributed by atoms with Gasteiger partial charge in [0, 0.05) is 17.4 Å². The second-order valence-electron chi connectivity index (χ2n) is 6.72. The summed E-state index contributed by atoms with van der Waals surface area (Å²) in [7, 11) is 0. The van der Waals surface area contributed by atoms with Gasteiger partial charge in [0.05, 0.1) is 10.0 Å². The summed E-state index contributed by atoms with van der Waals surface area (Å²) in [5, 5.41) is 0.941. The summed E-state index contributed by atoms with van der Waals surface area (Å²) in [4.78, 5) is 4.20. The van der Waals surface area contributed by atoms with E-state index in [1.165, 1.54) is 11.1 Å². The molecule has 26 heavy (non-hydrogen) atoms. The fourth-order valence-corrected chi connectivity index (χ4v) is 4.73. The Bertz CT molecular complexity index is 692. The molecule has 0 aliphatic carbocycles. The molecule has 0 aromatic heterocycles. The Kier molecular flexibility index (Phi) is 7.23. The molecule has 0 bridgehead atoms. The van der Waals surface area contributed by atoms with Gasteiger partial charge in [0.1, 0.15) is 0 Å². The highest BCUT2D eigenvalue weighted by Gasteiger charge is 2.32. The van der Waals surface area contributed by atoms with Gasteiger partial charge in [-0.3, -0.25) is 0 Å². The van der Waals surface area contributed by atoms with Crippen LogP contribution in [0, 0.1) is 5.92 Å². The average molecular weight is 400 g/mol. The van der Waals surface area contributed by atoms with Crippen LogP contribution >= 0.6 is 37.5 Å². The molecule has 1 heterocycles. The molecule has 1 aliphatic heterocycles. The van der Waals surface area contributed by atoms with E-state index in [9.17, 15) is 0 Å². The van der Waals surface area contributed by atoms with E-state index < -0.39 is 0 Å². The fraction of sp³-hybridized carbons (Fsp3) is 0.318. The molecule has 0 N–H and O–H groups in total. The van der Waals surface area contributed by atoms with Crippen LogP contribution in [-0.2, 0) is 12.8 Å². The maximum atomic E-state index is 5.76. The topological polar surface area (TPSA) is 3.24 Å². The lowest BCUT2D eigenvalue weighted by atomic mass is 10.00. The Morgan fingerprint density at radius 1 is 0.808 bits per heavy atom. The van der Waals surface area contributed by atoms with Crippen LogP contribution in [0.2, 0.25) is 0 Å². The highest BCUT2D eigenvalue weighted by Crippen LogP contribution is 2.38. The van der Waals surface area contributed by atoms with Gasteiger partial charge in [-0.1, -0.05) is 72.9 Å². The first-order chi connectivity index (χ1) is 12.7. The van der Waals surface area contributed by atoms with Gasteiger partial charge in [-0.25, -0.2) is 0 Å². The number of thiocarbonyl (C=S) groups is 1. The average Bonchev–Trinajstić information content (AvgIpc) is 2.87. The molecule has 1 atom stereocenters. The van der Waals surface area contributed by atoms with Crippen molar-refractivity contribution in [3.63, 3.8) is 0 Å². The van der Waals surface area contributed by atoms with Gasteiger partial charge in [-0.15, -0.1) is 25.3 Å². The third-order valence-corrected chi connectivity index (χ3v) is 6.56. The molecule has 2 aromatic carbocycles. The molecule has 0 spiro atoms. The number of aryl methyl sites for hydroxylation is 2. The van der Waals surface area contributed by atoms with Gasteiger partial charge in [0.15, 0.2) is 0 Å². The van der Waals surface area contributed by atoms with E-state index in [0.717, 1.165) is 53.6 Å². The zero-order valence-electron chi connectivity index (χ0n) is 14.8. The molecule has 1 nitrogen and oxygen atoms in total. The Labute approximate surface area is 173 Å². The quantitative estimate of drug-likeness (QED) is 0.418. The fourth-order valence-electron chi connectivity index (χ4n) is 3.42. The SMILES string of the molecule is S=C1C(CCCc2ccccc2)C(S)=C(S)N1CCCc1ccccc1. The predicted molar refractivity (Wildman–Crippen MR) is 122 cm³/mol. The molecule has 0 saturated carbocycles. The van der Waals surface area contributed by atoms with Crippen molar-refractivity contribution < 1.29 is 0 Å². The lowest BCUT2D eigenvalue weighted by Crippen LogP contribution is -2.27. The van der Waals surface area contributed by atoms with Gasteiger partial charge in [0.2, 0.25) is 0 Å². The molecule has 3 rings (SSSR count). The van der Waals surface area contributed by atoms with Gasteiger partial charge >= 0.3 is 0 Å². The summed E-state index contributed by atoms with van der Waals surface area (Å²) in [6.07, 6.45) is 5.34. The molecule has 0 saturated heterocycles. The molecule has 0 radical (unpaired) electrons. The smallest absolute Gasteiger partial charge is 0.0909 e. The lowest BCUT2D eigenvalue weighted by Gasteiger charge is -2.21. The van der Waals surface area contributed by atoms with Crippen LogP contribution in [0.25, 0.3) is 0 Å². The van der Waals surface area contributed by atoms with Crippen LogP contribution in [0.4, 0.5) is 0 Å². The van der Waals surface area contributed by atoms with Crippen molar-refractivity contribution in [3.05, 3.63) is 81.7 Å². The molecule has 136 valence electrons. The van der Waals surface area contributed by atoms with Crippen molar-refractivity contribution >= 4 is 42.5 Å². The van der Waals surface area contributed by atoms with Gasteiger partial charge in [0.25, 0.3) is 0 Å². The Morgan fingerprint density at radius 2 is 1.35 bits per heavy atom. The van der Waals surface area contributed by atoms with Crippen molar-refractivity contribution in [1.82, 2.24) is 4.90 Å². The maximum Gasteiger partial charge on any atom is 0.0909 e. The number of thiol groups is 2. The zero-order chi connectivity index (χ0) is 18.4. The number of rotatable bonds is 8. The van der Waals surface area contributed by atoms with E-state index in [4.69, 9.17) is 37.5 Å². The largest absolute Gasteiger partial charge is 0.330 e. The van der Waals surface area contributed by atoms with Crippen molar-refractivity contribution in [3.8, 4) is 0 Å². The zero-order valence-corrected chi connectivity index (χ0v) is 17.4. The van der Waals surface area contributed by atoms with Gasteiger partial charge < -0.3 is 4.90 Å². The number of nitrogens with zero attached hydrogens (tertiary/aromatic N) is 1. The Balaban J connectivity index is 1.50. The summed E-state index contributed by atoms with van der Waals surface area (Å²) >= 11 is 15.2. The first-order valence-electron chi connectivity index (χ1n) is 9.18. The first-order valence-corrected chi connectivity index (χ1v) is 10.5. The van der Waals surface area contributed by atoms with Crippen LogP contribution < -0.4 is 0 Å². The van der Waals surface area contributed by atoms with E-state index in [1.54, 1.807) is 0 Å². The van der Waals surface area contributed by atoms with E-state index in [2.05, 4.69) is 65.6 Å². The standard InChI is InChI=1S/C22H25NS3/c24-20-19(15-7-13-17-9-3-1-4-10-17)21(25)23(22(20)26)16-8-14-18-11-5-2-6-12-18/h1-6,9-12,19,24,26H,7-8,13-16H2. The molecule has 4 heteroatoms. The minimum absolute atomic E-state index is 0.237. The second-order valence-corrected chi connectivity index (χ2v) is 8.04. The second kappa shape index (κ2) is 9.63. The minimum Gasteiger partial charge on any atom is -0.330 e. The van der Waals surface area contributed by atoms with Gasteiger partial charge in [-0.05, 0) is 43.2 Å². The van der Waals surface area contributed by atoms with E-state index in [1.807, 2.05) is 0 Å². The predicted octanol–water partition coefficient (Wildman–Crippen LogP) is 5.93. The van der Waals surface area contributed by atoms with E-state index >= 15 is 0 Å². The number of benzene rings is 2. The summed E-state index contributed by atoms with van der Waals surface area (Å²) in [6, 6.07) is 21.2. The van der Waals surface area contributed by atoms with Crippen molar-refractivity contribution in [2.45, 2.75) is 32.1 Å². The summed E-state index contributed by atoms with van der Waals surface area (Å²) in [5.74, 6) is 0.237. The monoisotopic (exact) mass is 399 g/mol. The third kappa shape index (κ3) is 4.93.